The fourth-order valence-electron chi connectivity index (χ4n) is 2.25. The molecule has 0 unspecified atom stereocenters. The van der Waals surface area contributed by atoms with Crippen LogP contribution >= 0.6 is 11.6 Å². The Morgan fingerprint density at radius 3 is 2.42 bits per heavy atom. The Bertz CT molecular complexity index is 766. The molecule has 0 saturated carbocycles. The van der Waals surface area contributed by atoms with Gasteiger partial charge in [0.1, 0.15) is 11.5 Å². The SMILES string of the molecule is Oc1ccc(-c2c(O)ccc3ccccc23)c(Cl)c1. The van der Waals surface area contributed by atoms with E-state index in [4.69, 9.17) is 11.6 Å². The zero-order valence-corrected chi connectivity index (χ0v) is 10.7. The number of hydrogen-bond acceptors (Lipinski definition) is 2. The highest BCUT2D eigenvalue weighted by atomic mass is 35.5. The second kappa shape index (κ2) is 4.48. The Balaban J connectivity index is 2.38. The molecule has 0 bridgehead atoms. The lowest BCUT2D eigenvalue weighted by Crippen LogP contribution is -1.84. The maximum absolute atomic E-state index is 10.1. The molecule has 0 atom stereocenters. The summed E-state index contributed by atoms with van der Waals surface area (Å²) in [5.41, 5.74) is 1.39. The average molecular weight is 271 g/mol. The highest BCUT2D eigenvalue weighted by Crippen LogP contribution is 2.40. The van der Waals surface area contributed by atoms with Crippen molar-refractivity contribution in [2.24, 2.45) is 0 Å². The second-order valence-corrected chi connectivity index (χ2v) is 4.75. The van der Waals surface area contributed by atoms with Crippen molar-refractivity contribution in [1.82, 2.24) is 0 Å². The fourth-order valence-corrected chi connectivity index (χ4v) is 2.52. The monoisotopic (exact) mass is 270 g/mol. The predicted molar refractivity (Wildman–Crippen MR) is 77.7 cm³/mol. The van der Waals surface area contributed by atoms with Gasteiger partial charge in [0.15, 0.2) is 0 Å². The van der Waals surface area contributed by atoms with Crippen molar-refractivity contribution in [1.29, 1.82) is 0 Å². The normalized spacial score (nSPS) is 10.8. The first-order chi connectivity index (χ1) is 9.16. The summed E-state index contributed by atoms with van der Waals surface area (Å²) in [5.74, 6) is 0.278. The lowest BCUT2D eigenvalue weighted by atomic mass is 9.97. The molecule has 0 spiro atoms. The molecule has 19 heavy (non-hydrogen) atoms. The molecule has 2 nitrogen and oxygen atoms in total. The number of hydrogen-bond donors (Lipinski definition) is 2. The number of phenols is 2. The topological polar surface area (TPSA) is 40.5 Å². The Morgan fingerprint density at radius 2 is 1.63 bits per heavy atom. The highest BCUT2D eigenvalue weighted by molar-refractivity contribution is 6.34. The summed E-state index contributed by atoms with van der Waals surface area (Å²) in [6.45, 7) is 0. The molecule has 3 rings (SSSR count). The van der Waals surface area contributed by atoms with Crippen LogP contribution in [0.4, 0.5) is 0 Å². The Hall–Kier alpha value is -2.19. The molecule has 3 aromatic rings. The van der Waals surface area contributed by atoms with E-state index in [-0.39, 0.29) is 11.5 Å². The van der Waals surface area contributed by atoms with Gasteiger partial charge in [0.25, 0.3) is 0 Å². The van der Waals surface area contributed by atoms with E-state index in [2.05, 4.69) is 0 Å². The third-order valence-corrected chi connectivity index (χ3v) is 3.44. The molecule has 94 valence electrons. The number of rotatable bonds is 1. The van der Waals surface area contributed by atoms with E-state index in [1.807, 2.05) is 30.3 Å². The number of fused-ring (bicyclic) bond motifs is 1. The first-order valence-electron chi connectivity index (χ1n) is 5.86. The van der Waals surface area contributed by atoms with E-state index >= 15 is 0 Å². The lowest BCUT2D eigenvalue weighted by molar-refractivity contribution is 0.474. The van der Waals surface area contributed by atoms with Crippen molar-refractivity contribution in [3.63, 3.8) is 0 Å². The third-order valence-electron chi connectivity index (χ3n) is 3.13. The minimum atomic E-state index is 0.105. The van der Waals surface area contributed by atoms with Gasteiger partial charge in [0.2, 0.25) is 0 Å². The van der Waals surface area contributed by atoms with Crippen molar-refractivity contribution < 1.29 is 10.2 Å². The number of halogens is 1. The van der Waals surface area contributed by atoms with E-state index in [1.165, 1.54) is 6.07 Å². The Morgan fingerprint density at radius 1 is 0.842 bits per heavy atom. The number of aromatic hydroxyl groups is 2. The summed E-state index contributed by atoms with van der Waals surface area (Å²) in [5, 5.41) is 21.9. The van der Waals surface area contributed by atoms with E-state index in [0.29, 0.717) is 16.1 Å². The minimum Gasteiger partial charge on any atom is -0.508 e. The smallest absolute Gasteiger partial charge is 0.124 e. The van der Waals surface area contributed by atoms with E-state index < -0.39 is 0 Å². The molecule has 2 N–H and O–H groups in total. The van der Waals surface area contributed by atoms with Gasteiger partial charge < -0.3 is 10.2 Å². The summed E-state index contributed by atoms with van der Waals surface area (Å²) in [4.78, 5) is 0. The van der Waals surface area contributed by atoms with Crippen LogP contribution in [-0.2, 0) is 0 Å². The van der Waals surface area contributed by atoms with Crippen LogP contribution in [0.5, 0.6) is 11.5 Å². The summed E-state index contributed by atoms with van der Waals surface area (Å²) in [6.07, 6.45) is 0. The van der Waals surface area contributed by atoms with Gasteiger partial charge in [-0.15, -0.1) is 0 Å². The fraction of sp³-hybridized carbons (Fsp3) is 0. The van der Waals surface area contributed by atoms with Gasteiger partial charge in [-0.25, -0.2) is 0 Å². The van der Waals surface area contributed by atoms with E-state index in [9.17, 15) is 10.2 Å². The Labute approximate surface area is 115 Å². The maximum atomic E-state index is 10.1. The van der Waals surface area contributed by atoms with Crippen molar-refractivity contribution >= 4 is 22.4 Å². The van der Waals surface area contributed by atoms with Gasteiger partial charge in [-0.2, -0.15) is 0 Å². The van der Waals surface area contributed by atoms with E-state index in [0.717, 1.165) is 10.8 Å². The maximum Gasteiger partial charge on any atom is 0.124 e. The molecule has 0 fully saturated rings. The van der Waals surface area contributed by atoms with Crippen LogP contribution in [0.25, 0.3) is 21.9 Å². The molecule has 0 aliphatic rings. The summed E-state index contributed by atoms with van der Waals surface area (Å²) in [6, 6.07) is 16.0. The van der Waals surface area contributed by atoms with Gasteiger partial charge >= 0.3 is 0 Å². The van der Waals surface area contributed by atoms with Crippen LogP contribution in [0, 0.1) is 0 Å². The predicted octanol–water partition coefficient (Wildman–Crippen LogP) is 4.57. The van der Waals surface area contributed by atoms with Crippen LogP contribution in [0.2, 0.25) is 5.02 Å². The van der Waals surface area contributed by atoms with Crippen molar-refractivity contribution in [3.05, 3.63) is 59.6 Å². The Kier molecular flexibility index (Phi) is 2.80. The van der Waals surface area contributed by atoms with Crippen LogP contribution in [0.1, 0.15) is 0 Å². The van der Waals surface area contributed by atoms with Crippen LogP contribution < -0.4 is 0 Å². The molecule has 0 radical (unpaired) electrons. The zero-order valence-electron chi connectivity index (χ0n) is 9.97. The lowest BCUT2D eigenvalue weighted by Gasteiger charge is -2.11. The molecule has 0 aliphatic heterocycles. The second-order valence-electron chi connectivity index (χ2n) is 4.34. The van der Waals surface area contributed by atoms with E-state index in [1.54, 1.807) is 18.2 Å². The van der Waals surface area contributed by atoms with Crippen molar-refractivity contribution in [2.45, 2.75) is 0 Å². The summed E-state index contributed by atoms with van der Waals surface area (Å²) < 4.78 is 0. The van der Waals surface area contributed by atoms with Crippen molar-refractivity contribution in [3.8, 4) is 22.6 Å². The number of phenolic OH excluding ortho intramolecular Hbond substituents is 2. The van der Waals surface area contributed by atoms with Gasteiger partial charge in [-0.05, 0) is 35.0 Å². The van der Waals surface area contributed by atoms with Crippen LogP contribution in [0.15, 0.2) is 54.6 Å². The molecular formula is C16H11ClO2. The minimum absolute atomic E-state index is 0.105. The largest absolute Gasteiger partial charge is 0.508 e. The third kappa shape index (κ3) is 2.00. The summed E-state index contributed by atoms with van der Waals surface area (Å²) in [7, 11) is 0. The molecule has 0 aliphatic carbocycles. The van der Waals surface area contributed by atoms with Gasteiger partial charge in [0.05, 0.1) is 5.02 Å². The standard InChI is InChI=1S/C16H11ClO2/c17-14-9-11(18)6-7-13(14)16-12-4-2-1-3-10(12)5-8-15(16)19/h1-9,18-19H. The highest BCUT2D eigenvalue weighted by Gasteiger charge is 2.12. The first-order valence-corrected chi connectivity index (χ1v) is 6.24. The molecule has 0 aromatic heterocycles. The summed E-state index contributed by atoms with van der Waals surface area (Å²) >= 11 is 6.17. The average Bonchev–Trinajstić information content (AvgIpc) is 2.40. The van der Waals surface area contributed by atoms with Crippen LogP contribution in [0.3, 0.4) is 0 Å². The van der Waals surface area contributed by atoms with Crippen molar-refractivity contribution in [2.75, 3.05) is 0 Å². The number of benzene rings is 3. The van der Waals surface area contributed by atoms with Gasteiger partial charge in [0, 0.05) is 11.1 Å². The molecular weight excluding hydrogens is 260 g/mol. The first kappa shape index (κ1) is 11.9. The zero-order chi connectivity index (χ0) is 13.4. The van der Waals surface area contributed by atoms with Crippen LogP contribution in [-0.4, -0.2) is 10.2 Å². The van der Waals surface area contributed by atoms with Gasteiger partial charge in [-0.1, -0.05) is 41.9 Å². The molecule has 0 saturated heterocycles. The molecule has 3 heteroatoms. The molecule has 0 heterocycles. The van der Waals surface area contributed by atoms with Gasteiger partial charge in [-0.3, -0.25) is 0 Å². The molecule has 0 amide bonds. The quantitative estimate of drug-likeness (QED) is 0.680. The molecule has 3 aromatic carbocycles.